The molecule has 1 aromatic heterocycles. The Morgan fingerprint density at radius 3 is 3.15 bits per heavy atom. The molecule has 1 unspecified atom stereocenters. The van der Waals surface area contributed by atoms with Crippen LogP contribution >= 0.6 is 0 Å². The number of hydrogen-bond donors (Lipinski definition) is 2. The van der Waals surface area contributed by atoms with Gasteiger partial charge in [-0.25, -0.2) is 0 Å². The van der Waals surface area contributed by atoms with Crippen molar-refractivity contribution in [3.63, 3.8) is 0 Å². The Balaban J connectivity index is 2.39. The van der Waals surface area contributed by atoms with Gasteiger partial charge >= 0.3 is 0 Å². The van der Waals surface area contributed by atoms with Crippen LogP contribution in [0.25, 0.3) is 0 Å². The lowest BCUT2D eigenvalue weighted by molar-refractivity contribution is 0.517. The highest BCUT2D eigenvalue weighted by molar-refractivity contribution is 4.98. The van der Waals surface area contributed by atoms with Crippen LogP contribution in [0.3, 0.4) is 0 Å². The minimum absolute atomic E-state index is 0.304. The van der Waals surface area contributed by atoms with Gasteiger partial charge in [-0.3, -0.25) is 0 Å². The summed E-state index contributed by atoms with van der Waals surface area (Å²) in [6.45, 7) is 3.69. The van der Waals surface area contributed by atoms with Gasteiger partial charge in [-0.2, -0.15) is 15.4 Å². The molecule has 0 aliphatic heterocycles. The van der Waals surface area contributed by atoms with Crippen molar-refractivity contribution in [1.82, 2.24) is 20.7 Å². The van der Waals surface area contributed by atoms with Gasteiger partial charge in [0.2, 0.25) is 0 Å². The van der Waals surface area contributed by atoms with Gasteiger partial charge in [0.1, 0.15) is 0 Å². The molecule has 1 rings (SSSR count). The largest absolute Gasteiger partial charge is 0.312 e. The Morgan fingerprint density at radius 1 is 1.77 bits per heavy atom. The Hall–Kier alpha value is -1.16. The van der Waals surface area contributed by atoms with Gasteiger partial charge in [-0.05, 0) is 26.3 Å². The van der Waals surface area contributed by atoms with E-state index in [-0.39, 0.29) is 0 Å². The van der Waals surface area contributed by atoms with Crippen molar-refractivity contribution in [3.05, 3.63) is 24.5 Å². The first-order valence-electron chi connectivity index (χ1n) is 4.52. The summed E-state index contributed by atoms with van der Waals surface area (Å²) in [7, 11) is 1.94. The van der Waals surface area contributed by atoms with Crippen LogP contribution in [0.5, 0.6) is 0 Å². The third-order valence-corrected chi connectivity index (χ3v) is 2.04. The topological polar surface area (TPSA) is 53.6 Å². The Bertz CT molecular complexity index is 230. The molecule has 0 aliphatic rings. The second-order valence-corrected chi connectivity index (χ2v) is 2.96. The average Bonchev–Trinajstić information content (AvgIpc) is 2.65. The molecule has 1 atom stereocenters. The SMILES string of the molecule is C=CCCCC(NC)c1cn[nH]n1. The van der Waals surface area contributed by atoms with E-state index in [9.17, 15) is 0 Å². The van der Waals surface area contributed by atoms with E-state index in [1.54, 1.807) is 6.20 Å². The Morgan fingerprint density at radius 2 is 2.62 bits per heavy atom. The molecular formula is C9H16N4. The van der Waals surface area contributed by atoms with Crippen molar-refractivity contribution in [2.75, 3.05) is 7.05 Å². The van der Waals surface area contributed by atoms with E-state index in [2.05, 4.69) is 27.3 Å². The lowest BCUT2D eigenvalue weighted by atomic mass is 10.1. The second-order valence-electron chi connectivity index (χ2n) is 2.96. The third kappa shape index (κ3) is 2.99. The zero-order valence-corrected chi connectivity index (χ0v) is 7.95. The van der Waals surface area contributed by atoms with E-state index in [1.165, 1.54) is 0 Å². The van der Waals surface area contributed by atoms with E-state index < -0.39 is 0 Å². The van der Waals surface area contributed by atoms with E-state index in [4.69, 9.17) is 0 Å². The van der Waals surface area contributed by atoms with Crippen LogP contribution in [0.1, 0.15) is 31.0 Å². The fourth-order valence-corrected chi connectivity index (χ4v) is 1.28. The molecule has 13 heavy (non-hydrogen) atoms. The summed E-state index contributed by atoms with van der Waals surface area (Å²) in [5.74, 6) is 0. The van der Waals surface area contributed by atoms with Crippen molar-refractivity contribution in [1.29, 1.82) is 0 Å². The van der Waals surface area contributed by atoms with Crippen LogP contribution in [0, 0.1) is 0 Å². The average molecular weight is 180 g/mol. The highest BCUT2D eigenvalue weighted by atomic mass is 15.3. The molecule has 0 bridgehead atoms. The summed E-state index contributed by atoms with van der Waals surface area (Å²) < 4.78 is 0. The molecule has 4 nitrogen and oxygen atoms in total. The lowest BCUT2D eigenvalue weighted by Crippen LogP contribution is -2.16. The van der Waals surface area contributed by atoms with Gasteiger partial charge in [-0.15, -0.1) is 6.58 Å². The zero-order valence-electron chi connectivity index (χ0n) is 7.95. The van der Waals surface area contributed by atoms with Gasteiger partial charge in [0, 0.05) is 0 Å². The lowest BCUT2D eigenvalue weighted by Gasteiger charge is -2.11. The molecule has 4 heteroatoms. The molecule has 1 heterocycles. The summed E-state index contributed by atoms with van der Waals surface area (Å²) in [5, 5.41) is 13.6. The monoisotopic (exact) mass is 180 g/mol. The summed E-state index contributed by atoms with van der Waals surface area (Å²) in [6.07, 6.45) is 6.94. The predicted octanol–water partition coefficient (Wildman–Crippen LogP) is 1.42. The zero-order chi connectivity index (χ0) is 9.52. The van der Waals surface area contributed by atoms with Gasteiger partial charge in [0.15, 0.2) is 0 Å². The highest BCUT2D eigenvalue weighted by Gasteiger charge is 2.10. The molecule has 0 saturated heterocycles. The van der Waals surface area contributed by atoms with Crippen LogP contribution in [0.15, 0.2) is 18.9 Å². The van der Waals surface area contributed by atoms with E-state index in [1.807, 2.05) is 13.1 Å². The van der Waals surface area contributed by atoms with E-state index >= 15 is 0 Å². The number of aromatic nitrogens is 3. The standard InChI is InChI=1S/C9H16N4/c1-3-4-5-6-8(10-2)9-7-11-13-12-9/h3,7-8,10H,1,4-6H2,2H3,(H,11,12,13). The third-order valence-electron chi connectivity index (χ3n) is 2.04. The molecular weight excluding hydrogens is 164 g/mol. The summed E-state index contributed by atoms with van der Waals surface area (Å²) in [6, 6.07) is 0.304. The summed E-state index contributed by atoms with van der Waals surface area (Å²) >= 11 is 0. The molecule has 0 aliphatic carbocycles. The normalized spacial score (nSPS) is 12.7. The minimum atomic E-state index is 0.304. The molecule has 0 radical (unpaired) electrons. The Labute approximate surface area is 78.4 Å². The minimum Gasteiger partial charge on any atom is -0.312 e. The molecule has 0 saturated carbocycles. The number of nitrogens with one attached hydrogen (secondary N) is 2. The van der Waals surface area contributed by atoms with Crippen LogP contribution in [0.4, 0.5) is 0 Å². The highest BCUT2D eigenvalue weighted by Crippen LogP contribution is 2.15. The number of aromatic amines is 1. The van der Waals surface area contributed by atoms with Crippen molar-refractivity contribution < 1.29 is 0 Å². The fourth-order valence-electron chi connectivity index (χ4n) is 1.28. The number of allylic oxidation sites excluding steroid dienone is 1. The van der Waals surface area contributed by atoms with Crippen LogP contribution in [-0.2, 0) is 0 Å². The molecule has 1 aromatic rings. The maximum absolute atomic E-state index is 4.04. The first-order valence-corrected chi connectivity index (χ1v) is 4.52. The first kappa shape index (κ1) is 9.92. The number of hydrogen-bond acceptors (Lipinski definition) is 3. The molecule has 0 aromatic carbocycles. The number of nitrogens with zero attached hydrogens (tertiary/aromatic N) is 2. The molecule has 2 N–H and O–H groups in total. The van der Waals surface area contributed by atoms with Crippen molar-refractivity contribution in [3.8, 4) is 0 Å². The number of unbranched alkanes of at least 4 members (excludes halogenated alkanes) is 1. The maximum Gasteiger partial charge on any atom is 0.0993 e. The van der Waals surface area contributed by atoms with Crippen molar-refractivity contribution in [2.45, 2.75) is 25.3 Å². The van der Waals surface area contributed by atoms with E-state index in [0.717, 1.165) is 25.0 Å². The van der Waals surface area contributed by atoms with Crippen LogP contribution in [0.2, 0.25) is 0 Å². The second kappa shape index (κ2) is 5.48. The van der Waals surface area contributed by atoms with Gasteiger partial charge in [0.25, 0.3) is 0 Å². The first-order chi connectivity index (χ1) is 6.38. The molecule has 0 spiro atoms. The van der Waals surface area contributed by atoms with Gasteiger partial charge < -0.3 is 5.32 Å². The summed E-state index contributed by atoms with van der Waals surface area (Å²) in [4.78, 5) is 0. The smallest absolute Gasteiger partial charge is 0.0993 e. The molecule has 0 amide bonds. The number of rotatable bonds is 6. The number of H-pyrrole nitrogens is 1. The van der Waals surface area contributed by atoms with Crippen LogP contribution < -0.4 is 5.32 Å². The fraction of sp³-hybridized carbons (Fsp3) is 0.556. The predicted molar refractivity (Wildman–Crippen MR) is 52.2 cm³/mol. The van der Waals surface area contributed by atoms with Gasteiger partial charge in [0.05, 0.1) is 17.9 Å². The molecule has 0 fully saturated rings. The quantitative estimate of drug-likeness (QED) is 0.514. The van der Waals surface area contributed by atoms with Crippen LogP contribution in [-0.4, -0.2) is 22.5 Å². The van der Waals surface area contributed by atoms with Crippen molar-refractivity contribution in [2.24, 2.45) is 0 Å². The molecule has 72 valence electrons. The maximum atomic E-state index is 4.04. The van der Waals surface area contributed by atoms with E-state index in [0.29, 0.717) is 6.04 Å². The van der Waals surface area contributed by atoms with Gasteiger partial charge in [-0.1, -0.05) is 6.08 Å². The Kier molecular flexibility index (Phi) is 4.18. The van der Waals surface area contributed by atoms with Crippen molar-refractivity contribution >= 4 is 0 Å². The summed E-state index contributed by atoms with van der Waals surface area (Å²) in [5.41, 5.74) is 0.978.